The molecular formula is C7H12N3+. The Kier molecular flexibility index (Phi) is 1.42. The minimum Gasteiger partial charge on any atom is -0.275 e. The first-order valence-corrected chi connectivity index (χ1v) is 3.85. The lowest BCUT2D eigenvalue weighted by Crippen LogP contribution is -2.41. The summed E-state index contributed by atoms with van der Waals surface area (Å²) in [5.41, 5.74) is 0. The molecule has 0 aromatic carbocycles. The van der Waals surface area contributed by atoms with Crippen LogP contribution in [0.1, 0.15) is 12.8 Å². The first kappa shape index (κ1) is 5.89. The molecule has 2 rings (SSSR count). The normalized spacial score (nSPS) is 24.0. The lowest BCUT2D eigenvalue weighted by molar-refractivity contribution is -0.534. The van der Waals surface area contributed by atoms with E-state index < -0.39 is 0 Å². The molecule has 0 saturated heterocycles. The van der Waals surface area contributed by atoms with Crippen LogP contribution in [0.5, 0.6) is 0 Å². The highest BCUT2D eigenvalue weighted by Gasteiger charge is 2.18. The van der Waals surface area contributed by atoms with Crippen molar-refractivity contribution >= 4 is 12.2 Å². The minimum atomic E-state index is 1.08. The average molecular weight is 138 g/mol. The highest BCUT2D eigenvalue weighted by molar-refractivity contribution is 5.85. The first-order valence-electron chi connectivity index (χ1n) is 3.85. The number of guanidine groups is 1. The van der Waals surface area contributed by atoms with Gasteiger partial charge < -0.3 is 0 Å². The molecule has 0 aromatic heterocycles. The van der Waals surface area contributed by atoms with Crippen molar-refractivity contribution in [1.29, 1.82) is 0 Å². The molecule has 0 saturated carbocycles. The zero-order valence-electron chi connectivity index (χ0n) is 6.01. The fraction of sp³-hybridized carbons (Fsp3) is 0.714. The van der Waals surface area contributed by atoms with Crippen LogP contribution in [0.4, 0.5) is 0 Å². The zero-order valence-corrected chi connectivity index (χ0v) is 6.01. The van der Waals surface area contributed by atoms with Crippen molar-refractivity contribution in [3.8, 4) is 0 Å². The summed E-state index contributed by atoms with van der Waals surface area (Å²) in [7, 11) is 0. The summed E-state index contributed by atoms with van der Waals surface area (Å²) in [6, 6.07) is 0. The molecule has 0 unspecified atom stereocenters. The molecule has 3 heteroatoms. The molecule has 0 aliphatic carbocycles. The summed E-state index contributed by atoms with van der Waals surface area (Å²) in [6.07, 6.45) is 4.34. The van der Waals surface area contributed by atoms with E-state index in [0.29, 0.717) is 0 Å². The summed E-state index contributed by atoms with van der Waals surface area (Å²) in [4.78, 5) is 4.26. The third-order valence-corrected chi connectivity index (χ3v) is 1.93. The summed E-state index contributed by atoms with van der Waals surface area (Å²) < 4.78 is 2.31. The lowest BCUT2D eigenvalue weighted by atomic mass is 10.3. The van der Waals surface area contributed by atoms with E-state index in [9.17, 15) is 0 Å². The van der Waals surface area contributed by atoms with E-state index in [2.05, 4.69) is 14.9 Å². The molecule has 0 radical (unpaired) electrons. The highest BCUT2D eigenvalue weighted by atomic mass is 15.2. The standard InChI is InChI=1S/C7H11N3/c1-3-8-7-9-4-2-6-10(7)5-1/h3H,1-2,4-6H2/p+1. The minimum absolute atomic E-state index is 1.08. The summed E-state index contributed by atoms with van der Waals surface area (Å²) in [6.45, 7) is 3.41. The monoisotopic (exact) mass is 138 g/mol. The van der Waals surface area contributed by atoms with Gasteiger partial charge in [-0.1, -0.05) is 4.99 Å². The Bertz CT molecular complexity index is 193. The molecule has 2 aliphatic rings. The Balaban J connectivity index is 2.23. The number of nitrogens with zero attached hydrogens (tertiary/aromatic N) is 2. The van der Waals surface area contributed by atoms with E-state index in [0.717, 1.165) is 25.5 Å². The van der Waals surface area contributed by atoms with E-state index in [-0.39, 0.29) is 0 Å². The maximum atomic E-state index is 4.26. The van der Waals surface area contributed by atoms with Crippen molar-refractivity contribution in [2.45, 2.75) is 12.8 Å². The first-order chi connectivity index (χ1) is 4.97. The average Bonchev–Trinajstić information content (AvgIpc) is 2.05. The van der Waals surface area contributed by atoms with Crippen molar-refractivity contribution in [1.82, 2.24) is 5.32 Å². The van der Waals surface area contributed by atoms with Crippen molar-refractivity contribution < 1.29 is 4.58 Å². The SMILES string of the molecule is C1=NC2=[N+](CC1)CCCN2. The highest BCUT2D eigenvalue weighted by Crippen LogP contribution is 1.97. The van der Waals surface area contributed by atoms with Crippen LogP contribution in [-0.2, 0) is 0 Å². The Hall–Kier alpha value is -0.860. The molecule has 0 fully saturated rings. The van der Waals surface area contributed by atoms with Crippen LogP contribution in [0.15, 0.2) is 4.99 Å². The smallest absolute Gasteiger partial charge is 0.275 e. The largest absolute Gasteiger partial charge is 0.386 e. The van der Waals surface area contributed by atoms with Gasteiger partial charge in [0.1, 0.15) is 0 Å². The summed E-state index contributed by atoms with van der Waals surface area (Å²) >= 11 is 0. The third kappa shape index (κ3) is 0.916. The zero-order chi connectivity index (χ0) is 6.81. The molecule has 0 bridgehead atoms. The number of hydrogen-bond donors (Lipinski definition) is 1. The molecule has 1 N–H and O–H groups in total. The fourth-order valence-corrected chi connectivity index (χ4v) is 1.40. The van der Waals surface area contributed by atoms with Crippen molar-refractivity contribution in [3.05, 3.63) is 0 Å². The predicted octanol–water partition coefficient (Wildman–Crippen LogP) is -0.177. The van der Waals surface area contributed by atoms with Crippen LogP contribution in [0.3, 0.4) is 0 Å². The van der Waals surface area contributed by atoms with Gasteiger partial charge in [0, 0.05) is 12.8 Å². The Morgan fingerprint density at radius 2 is 2.50 bits per heavy atom. The summed E-state index contributed by atoms with van der Waals surface area (Å²) in [5.74, 6) is 1.08. The number of nitrogens with one attached hydrogen (secondary N) is 1. The van der Waals surface area contributed by atoms with E-state index in [1.165, 1.54) is 13.0 Å². The molecule has 2 aliphatic heterocycles. The Labute approximate surface area is 60.5 Å². The Morgan fingerprint density at radius 3 is 3.40 bits per heavy atom. The number of rotatable bonds is 0. The van der Waals surface area contributed by atoms with Gasteiger partial charge in [-0.2, -0.15) is 0 Å². The van der Waals surface area contributed by atoms with E-state index in [1.54, 1.807) is 0 Å². The second-order valence-corrected chi connectivity index (χ2v) is 2.69. The second-order valence-electron chi connectivity index (χ2n) is 2.69. The lowest BCUT2D eigenvalue weighted by Gasteiger charge is -2.16. The molecule has 54 valence electrons. The van der Waals surface area contributed by atoms with Gasteiger partial charge in [0.15, 0.2) is 0 Å². The van der Waals surface area contributed by atoms with Crippen LogP contribution in [0, 0.1) is 0 Å². The Morgan fingerprint density at radius 1 is 1.50 bits per heavy atom. The molecule has 0 aromatic rings. The van der Waals surface area contributed by atoms with Gasteiger partial charge in [0.25, 0.3) is 0 Å². The quantitative estimate of drug-likeness (QED) is 0.462. The fourth-order valence-electron chi connectivity index (χ4n) is 1.40. The van der Waals surface area contributed by atoms with Crippen molar-refractivity contribution in [2.24, 2.45) is 4.99 Å². The van der Waals surface area contributed by atoms with Crippen LogP contribution < -0.4 is 5.32 Å². The van der Waals surface area contributed by atoms with Crippen LogP contribution >= 0.6 is 0 Å². The molecular weight excluding hydrogens is 126 g/mol. The van der Waals surface area contributed by atoms with Crippen molar-refractivity contribution in [2.75, 3.05) is 19.6 Å². The second kappa shape index (κ2) is 2.40. The van der Waals surface area contributed by atoms with Gasteiger partial charge in [-0.25, -0.2) is 0 Å². The van der Waals surface area contributed by atoms with Gasteiger partial charge in [-0.15, -0.1) is 0 Å². The molecule has 3 nitrogen and oxygen atoms in total. The van der Waals surface area contributed by atoms with E-state index in [1.807, 2.05) is 6.21 Å². The van der Waals surface area contributed by atoms with Gasteiger partial charge >= 0.3 is 5.96 Å². The maximum absolute atomic E-state index is 4.26. The van der Waals surface area contributed by atoms with Crippen LogP contribution in [-0.4, -0.2) is 36.4 Å². The molecule has 0 atom stereocenters. The molecule has 0 spiro atoms. The number of aliphatic imine (C=N–C) groups is 1. The van der Waals surface area contributed by atoms with Gasteiger partial charge in [-0.3, -0.25) is 9.89 Å². The molecule has 2 heterocycles. The molecule has 10 heavy (non-hydrogen) atoms. The van der Waals surface area contributed by atoms with Gasteiger partial charge in [-0.05, 0) is 0 Å². The van der Waals surface area contributed by atoms with Crippen molar-refractivity contribution in [3.63, 3.8) is 0 Å². The predicted molar refractivity (Wildman–Crippen MR) is 40.7 cm³/mol. The van der Waals surface area contributed by atoms with E-state index >= 15 is 0 Å². The van der Waals surface area contributed by atoms with Crippen LogP contribution in [0.2, 0.25) is 0 Å². The molecule has 0 amide bonds. The number of hydrogen-bond acceptors (Lipinski definition) is 2. The summed E-state index contributed by atoms with van der Waals surface area (Å²) in [5, 5.41) is 3.27. The van der Waals surface area contributed by atoms with Gasteiger partial charge in [0.05, 0.1) is 25.8 Å². The van der Waals surface area contributed by atoms with E-state index in [4.69, 9.17) is 0 Å². The van der Waals surface area contributed by atoms with Crippen LogP contribution in [0.25, 0.3) is 0 Å². The third-order valence-electron chi connectivity index (χ3n) is 1.93. The van der Waals surface area contributed by atoms with Gasteiger partial charge in [0.2, 0.25) is 0 Å². The maximum Gasteiger partial charge on any atom is 0.386 e. The topological polar surface area (TPSA) is 27.4 Å².